The van der Waals surface area contributed by atoms with Gasteiger partial charge in [-0.1, -0.05) is 23.7 Å². The smallest absolute Gasteiger partial charge is 0.288 e. The molecule has 1 N–H and O–H groups in total. The van der Waals surface area contributed by atoms with Crippen molar-refractivity contribution in [1.82, 2.24) is 0 Å². The minimum Gasteiger partial charge on any atom is -0.322 e. The van der Waals surface area contributed by atoms with Crippen molar-refractivity contribution in [3.05, 3.63) is 68.2 Å². The van der Waals surface area contributed by atoms with Crippen LogP contribution in [0.2, 0.25) is 5.02 Å². The SMILES string of the molecule is Cc1ccc(C)c(NC(=O)c2ccc(Cl)c([N+](=O)[O-])c2)c1. The highest BCUT2D eigenvalue weighted by atomic mass is 35.5. The first-order chi connectivity index (χ1) is 9.88. The average Bonchev–Trinajstić information content (AvgIpc) is 2.43. The number of nitrogens with one attached hydrogen (secondary N) is 1. The van der Waals surface area contributed by atoms with Crippen molar-refractivity contribution in [3.8, 4) is 0 Å². The van der Waals surface area contributed by atoms with Gasteiger partial charge < -0.3 is 5.32 Å². The Balaban J connectivity index is 2.30. The molecule has 0 atom stereocenters. The number of aryl methyl sites for hydroxylation is 2. The molecule has 0 aliphatic rings. The Bertz CT molecular complexity index is 729. The van der Waals surface area contributed by atoms with E-state index in [0.717, 1.165) is 11.1 Å². The summed E-state index contributed by atoms with van der Waals surface area (Å²) in [5, 5.41) is 13.6. The Morgan fingerprint density at radius 3 is 2.57 bits per heavy atom. The van der Waals surface area contributed by atoms with E-state index in [0.29, 0.717) is 5.69 Å². The predicted octanol–water partition coefficient (Wildman–Crippen LogP) is 4.12. The molecule has 0 aromatic heterocycles. The van der Waals surface area contributed by atoms with Crippen molar-refractivity contribution in [2.45, 2.75) is 13.8 Å². The van der Waals surface area contributed by atoms with E-state index in [1.807, 2.05) is 32.0 Å². The van der Waals surface area contributed by atoms with Crippen molar-refractivity contribution in [2.75, 3.05) is 5.32 Å². The molecule has 0 saturated heterocycles. The fourth-order valence-electron chi connectivity index (χ4n) is 1.86. The molecule has 0 unspecified atom stereocenters. The third-order valence-corrected chi connectivity index (χ3v) is 3.37. The van der Waals surface area contributed by atoms with Crippen LogP contribution in [0.4, 0.5) is 11.4 Å². The molecule has 2 aromatic rings. The second kappa shape index (κ2) is 5.93. The van der Waals surface area contributed by atoms with Crippen molar-refractivity contribution >= 4 is 28.9 Å². The minimum absolute atomic E-state index is 0.00304. The fraction of sp³-hybridized carbons (Fsp3) is 0.133. The molecule has 0 fully saturated rings. The monoisotopic (exact) mass is 304 g/mol. The Hall–Kier alpha value is -2.40. The Morgan fingerprint density at radius 2 is 1.90 bits per heavy atom. The zero-order valence-electron chi connectivity index (χ0n) is 11.5. The van der Waals surface area contributed by atoms with E-state index < -0.39 is 10.8 Å². The van der Waals surface area contributed by atoms with Gasteiger partial charge >= 0.3 is 0 Å². The van der Waals surface area contributed by atoms with Crippen molar-refractivity contribution in [3.63, 3.8) is 0 Å². The van der Waals surface area contributed by atoms with Crippen LogP contribution in [0, 0.1) is 24.0 Å². The lowest BCUT2D eigenvalue weighted by Crippen LogP contribution is -2.13. The van der Waals surface area contributed by atoms with Crippen LogP contribution >= 0.6 is 11.6 Å². The number of anilines is 1. The number of hydrogen-bond donors (Lipinski definition) is 1. The van der Waals surface area contributed by atoms with Gasteiger partial charge in [0.05, 0.1) is 4.92 Å². The highest BCUT2D eigenvalue weighted by Crippen LogP contribution is 2.26. The van der Waals surface area contributed by atoms with E-state index in [4.69, 9.17) is 11.6 Å². The normalized spacial score (nSPS) is 10.2. The van der Waals surface area contributed by atoms with Crippen molar-refractivity contribution < 1.29 is 9.72 Å². The van der Waals surface area contributed by atoms with Gasteiger partial charge in [-0.25, -0.2) is 0 Å². The standard InChI is InChI=1S/C15H13ClN2O3/c1-9-3-4-10(2)13(7-9)17-15(19)11-5-6-12(16)14(8-11)18(20)21/h3-8H,1-2H3,(H,17,19). The molecule has 0 radical (unpaired) electrons. The van der Waals surface area contributed by atoms with Gasteiger partial charge in [-0.2, -0.15) is 0 Å². The fourth-order valence-corrected chi connectivity index (χ4v) is 2.05. The first-order valence-corrected chi connectivity index (χ1v) is 6.59. The van der Waals surface area contributed by atoms with Crippen LogP contribution in [0.3, 0.4) is 0 Å². The summed E-state index contributed by atoms with van der Waals surface area (Å²) in [6.07, 6.45) is 0. The van der Waals surface area contributed by atoms with E-state index in [1.165, 1.54) is 18.2 Å². The first kappa shape index (κ1) is 15.0. The molecule has 108 valence electrons. The molecule has 0 aliphatic heterocycles. The average molecular weight is 305 g/mol. The van der Waals surface area contributed by atoms with Gasteiger partial charge in [0.2, 0.25) is 0 Å². The minimum atomic E-state index is -0.614. The van der Waals surface area contributed by atoms with Gasteiger partial charge in [0.1, 0.15) is 5.02 Å². The molecular weight excluding hydrogens is 292 g/mol. The topological polar surface area (TPSA) is 72.2 Å². The number of hydrogen-bond acceptors (Lipinski definition) is 3. The molecule has 0 spiro atoms. The number of nitro groups is 1. The number of halogens is 1. The van der Waals surface area contributed by atoms with Gasteiger partial charge in [0, 0.05) is 17.3 Å². The highest BCUT2D eigenvalue weighted by Gasteiger charge is 2.16. The molecule has 6 heteroatoms. The summed E-state index contributed by atoms with van der Waals surface area (Å²) in [6.45, 7) is 3.79. The van der Waals surface area contributed by atoms with E-state index in [-0.39, 0.29) is 16.3 Å². The summed E-state index contributed by atoms with van der Waals surface area (Å²) in [6, 6.07) is 9.65. The lowest BCUT2D eigenvalue weighted by molar-refractivity contribution is -0.384. The van der Waals surface area contributed by atoms with Gasteiger partial charge in [0.15, 0.2) is 0 Å². The van der Waals surface area contributed by atoms with Crippen LogP contribution in [0.1, 0.15) is 21.5 Å². The predicted molar refractivity (Wildman–Crippen MR) is 82.0 cm³/mol. The molecule has 0 saturated carbocycles. The first-order valence-electron chi connectivity index (χ1n) is 6.21. The van der Waals surface area contributed by atoms with Gasteiger partial charge in [-0.3, -0.25) is 14.9 Å². The third-order valence-electron chi connectivity index (χ3n) is 3.05. The second-order valence-electron chi connectivity index (χ2n) is 4.70. The Labute approximate surface area is 126 Å². The number of carbonyl (C=O) groups is 1. The maximum atomic E-state index is 12.2. The van der Waals surface area contributed by atoms with E-state index >= 15 is 0 Å². The number of amides is 1. The third kappa shape index (κ3) is 3.38. The summed E-state index contributed by atoms with van der Waals surface area (Å²) < 4.78 is 0. The summed E-state index contributed by atoms with van der Waals surface area (Å²) in [4.78, 5) is 22.4. The maximum absolute atomic E-state index is 12.2. The number of nitrogens with zero attached hydrogens (tertiary/aromatic N) is 1. The van der Waals surface area contributed by atoms with E-state index in [9.17, 15) is 14.9 Å². The van der Waals surface area contributed by atoms with Crippen LogP contribution in [-0.4, -0.2) is 10.8 Å². The molecule has 0 heterocycles. The molecule has 2 aromatic carbocycles. The van der Waals surface area contributed by atoms with E-state index in [1.54, 1.807) is 0 Å². The van der Waals surface area contributed by atoms with Crippen molar-refractivity contribution in [2.24, 2.45) is 0 Å². The van der Waals surface area contributed by atoms with Crippen LogP contribution in [0.15, 0.2) is 36.4 Å². The largest absolute Gasteiger partial charge is 0.322 e. The van der Waals surface area contributed by atoms with Crippen LogP contribution in [0.25, 0.3) is 0 Å². The molecule has 2 rings (SSSR count). The molecular formula is C15H13ClN2O3. The molecule has 21 heavy (non-hydrogen) atoms. The number of nitro benzene ring substituents is 1. The lowest BCUT2D eigenvalue weighted by atomic mass is 10.1. The summed E-state index contributed by atoms with van der Waals surface area (Å²) in [7, 11) is 0. The number of rotatable bonds is 3. The Morgan fingerprint density at radius 1 is 1.19 bits per heavy atom. The van der Waals surface area contributed by atoms with Gasteiger partial charge in [0.25, 0.3) is 11.6 Å². The van der Waals surface area contributed by atoms with Crippen LogP contribution in [-0.2, 0) is 0 Å². The zero-order valence-corrected chi connectivity index (χ0v) is 12.3. The maximum Gasteiger partial charge on any atom is 0.288 e. The summed E-state index contributed by atoms with van der Waals surface area (Å²) >= 11 is 5.73. The molecule has 1 amide bonds. The van der Waals surface area contributed by atoms with Crippen LogP contribution < -0.4 is 5.32 Å². The van der Waals surface area contributed by atoms with Crippen molar-refractivity contribution in [1.29, 1.82) is 0 Å². The number of benzene rings is 2. The van der Waals surface area contributed by atoms with E-state index in [2.05, 4.69) is 5.32 Å². The molecule has 0 bridgehead atoms. The quantitative estimate of drug-likeness (QED) is 0.685. The summed E-state index contributed by atoms with van der Waals surface area (Å²) in [5.41, 5.74) is 2.50. The Kier molecular flexibility index (Phi) is 4.23. The van der Waals surface area contributed by atoms with Gasteiger partial charge in [-0.15, -0.1) is 0 Å². The highest BCUT2D eigenvalue weighted by molar-refractivity contribution is 6.32. The van der Waals surface area contributed by atoms with Crippen LogP contribution in [0.5, 0.6) is 0 Å². The molecule has 5 nitrogen and oxygen atoms in total. The summed E-state index contributed by atoms with van der Waals surface area (Å²) in [5.74, 6) is -0.413. The zero-order chi connectivity index (χ0) is 15.6. The second-order valence-corrected chi connectivity index (χ2v) is 5.10. The number of carbonyl (C=O) groups excluding carboxylic acids is 1. The van der Waals surface area contributed by atoms with Gasteiger partial charge in [-0.05, 0) is 43.2 Å². The molecule has 0 aliphatic carbocycles. The lowest BCUT2D eigenvalue weighted by Gasteiger charge is -2.09.